The molecule has 0 fully saturated rings. The van der Waals surface area contributed by atoms with E-state index in [0.717, 1.165) is 22.5 Å². The highest BCUT2D eigenvalue weighted by atomic mass is 32.2. The molecule has 0 saturated heterocycles. The Morgan fingerprint density at radius 1 is 1.30 bits per heavy atom. The lowest BCUT2D eigenvalue weighted by Gasteiger charge is -2.05. The van der Waals surface area contributed by atoms with Gasteiger partial charge in [-0.3, -0.25) is 0 Å². The topological polar surface area (TPSA) is 84.3 Å². The molecule has 2 aromatic rings. The van der Waals surface area contributed by atoms with Gasteiger partial charge in [-0.1, -0.05) is 6.07 Å². The number of benzene rings is 1. The van der Waals surface area contributed by atoms with Gasteiger partial charge in [-0.15, -0.1) is 11.3 Å². The summed E-state index contributed by atoms with van der Waals surface area (Å²) in [6.45, 7) is 3.75. The second-order valence-electron chi connectivity index (χ2n) is 4.45. The zero-order chi connectivity index (χ0) is 14.9. The van der Waals surface area contributed by atoms with E-state index in [1.54, 1.807) is 18.2 Å². The molecule has 0 aliphatic rings. The van der Waals surface area contributed by atoms with Crippen LogP contribution in [0.4, 0.5) is 0 Å². The molecule has 0 spiro atoms. The number of hydrogen-bond acceptors (Lipinski definition) is 5. The fraction of sp³-hybridized carbons (Fsp3) is 0.231. The van der Waals surface area contributed by atoms with Gasteiger partial charge in [0.25, 0.3) is 0 Å². The number of nitrogens with zero attached hydrogens (tertiary/aromatic N) is 1. The first-order valence-electron chi connectivity index (χ1n) is 5.77. The second-order valence-corrected chi connectivity index (χ2v) is 7.30. The fourth-order valence-electron chi connectivity index (χ4n) is 1.66. The Hall–Kier alpha value is -1.73. The number of rotatable bonds is 4. The molecule has 0 aliphatic heterocycles. The third-order valence-corrected chi connectivity index (χ3v) is 5.44. The minimum Gasteiger partial charge on any atom is -0.476 e. The Morgan fingerprint density at radius 2 is 2.00 bits per heavy atom. The summed E-state index contributed by atoms with van der Waals surface area (Å²) in [7, 11) is -3.51. The molecular weight excluding hydrogens is 298 g/mol. The molecule has 0 unspecified atom stereocenters. The molecule has 2 rings (SSSR count). The van der Waals surface area contributed by atoms with E-state index >= 15 is 0 Å². The number of hydrogen-bond donors (Lipinski definition) is 1. The van der Waals surface area contributed by atoms with E-state index in [4.69, 9.17) is 5.11 Å². The summed E-state index contributed by atoms with van der Waals surface area (Å²) in [6, 6.07) is 4.93. The smallest absolute Gasteiger partial charge is 0.365 e. The standard InChI is InChI=1S/C13H13NO4S2/c1-8-3-4-11(5-9(8)2)20(17,18)7-10-6-19-12(14-10)13(15)16/h3-6H,7H2,1-2H3,(H,15,16). The number of sulfone groups is 1. The van der Waals surface area contributed by atoms with Crippen molar-refractivity contribution < 1.29 is 18.3 Å². The van der Waals surface area contributed by atoms with E-state index < -0.39 is 15.8 Å². The Morgan fingerprint density at radius 3 is 2.55 bits per heavy atom. The van der Waals surface area contributed by atoms with Gasteiger partial charge in [-0.05, 0) is 37.1 Å². The van der Waals surface area contributed by atoms with Crippen molar-refractivity contribution in [2.45, 2.75) is 24.5 Å². The fourth-order valence-corrected chi connectivity index (χ4v) is 3.75. The number of carboxylic acids is 1. The maximum atomic E-state index is 12.3. The molecule has 0 saturated carbocycles. The number of carbonyl (C=O) groups is 1. The van der Waals surface area contributed by atoms with E-state index in [1.807, 2.05) is 13.8 Å². The Kier molecular flexibility index (Phi) is 3.92. The SMILES string of the molecule is Cc1ccc(S(=O)(=O)Cc2csc(C(=O)O)n2)cc1C. The van der Waals surface area contributed by atoms with Gasteiger partial charge in [0.1, 0.15) is 0 Å². The van der Waals surface area contributed by atoms with E-state index in [-0.39, 0.29) is 21.3 Å². The van der Waals surface area contributed by atoms with Gasteiger partial charge < -0.3 is 5.11 Å². The van der Waals surface area contributed by atoms with Crippen molar-refractivity contribution in [3.05, 3.63) is 45.4 Å². The lowest BCUT2D eigenvalue weighted by atomic mass is 10.1. The zero-order valence-corrected chi connectivity index (χ0v) is 12.6. The quantitative estimate of drug-likeness (QED) is 0.937. The third-order valence-electron chi connectivity index (χ3n) is 2.91. The van der Waals surface area contributed by atoms with Crippen LogP contribution >= 0.6 is 11.3 Å². The van der Waals surface area contributed by atoms with Crippen LogP contribution in [-0.4, -0.2) is 24.5 Å². The van der Waals surface area contributed by atoms with E-state index in [2.05, 4.69) is 4.98 Å². The van der Waals surface area contributed by atoms with Crippen LogP contribution in [0.5, 0.6) is 0 Å². The molecule has 20 heavy (non-hydrogen) atoms. The first-order valence-corrected chi connectivity index (χ1v) is 8.30. The lowest BCUT2D eigenvalue weighted by Crippen LogP contribution is -2.06. The summed E-state index contributed by atoms with van der Waals surface area (Å²) in [5, 5.41) is 10.1. The van der Waals surface area contributed by atoms with Crippen molar-refractivity contribution >= 4 is 27.1 Å². The molecule has 1 aromatic heterocycles. The molecule has 0 radical (unpaired) electrons. The Bertz CT molecular complexity index is 762. The normalized spacial score (nSPS) is 11.5. The van der Waals surface area contributed by atoms with E-state index in [9.17, 15) is 13.2 Å². The first-order chi connectivity index (χ1) is 9.29. The molecule has 1 N–H and O–H groups in total. The van der Waals surface area contributed by atoms with Crippen molar-refractivity contribution in [3.8, 4) is 0 Å². The highest BCUT2D eigenvalue weighted by molar-refractivity contribution is 7.90. The molecule has 0 atom stereocenters. The number of thiazole rings is 1. The Balaban J connectivity index is 2.30. The minimum absolute atomic E-state index is 0.102. The van der Waals surface area contributed by atoms with Gasteiger partial charge in [-0.2, -0.15) is 0 Å². The summed E-state index contributed by atoms with van der Waals surface area (Å²) < 4.78 is 24.5. The minimum atomic E-state index is -3.51. The van der Waals surface area contributed by atoms with Gasteiger partial charge in [-0.25, -0.2) is 18.2 Å². The lowest BCUT2D eigenvalue weighted by molar-refractivity contribution is 0.0696. The number of aromatic carboxylic acids is 1. The highest BCUT2D eigenvalue weighted by Gasteiger charge is 2.19. The predicted molar refractivity (Wildman–Crippen MR) is 75.9 cm³/mol. The van der Waals surface area contributed by atoms with Crippen LogP contribution in [-0.2, 0) is 15.6 Å². The summed E-state index contributed by atoms with van der Waals surface area (Å²) in [5.41, 5.74) is 2.17. The molecule has 0 aliphatic carbocycles. The maximum Gasteiger partial charge on any atom is 0.365 e. The molecular formula is C13H13NO4S2. The Labute approximate surface area is 120 Å². The van der Waals surface area contributed by atoms with Gasteiger partial charge in [0.05, 0.1) is 16.3 Å². The number of carboxylic acid groups (broad SMARTS) is 1. The maximum absolute atomic E-state index is 12.3. The van der Waals surface area contributed by atoms with Crippen molar-refractivity contribution in [2.75, 3.05) is 0 Å². The number of aromatic nitrogens is 1. The number of aryl methyl sites for hydroxylation is 2. The van der Waals surface area contributed by atoms with Crippen molar-refractivity contribution in [2.24, 2.45) is 0 Å². The van der Waals surface area contributed by atoms with E-state index in [0.29, 0.717) is 0 Å². The monoisotopic (exact) mass is 311 g/mol. The largest absolute Gasteiger partial charge is 0.476 e. The van der Waals surface area contributed by atoms with E-state index in [1.165, 1.54) is 5.38 Å². The molecule has 106 valence electrons. The molecule has 5 nitrogen and oxygen atoms in total. The van der Waals surface area contributed by atoms with Gasteiger partial charge in [0, 0.05) is 5.38 Å². The van der Waals surface area contributed by atoms with Crippen LogP contribution in [0.3, 0.4) is 0 Å². The molecule has 7 heteroatoms. The van der Waals surface area contributed by atoms with Gasteiger partial charge in [0.15, 0.2) is 9.84 Å². The van der Waals surface area contributed by atoms with Gasteiger partial charge in [0.2, 0.25) is 5.01 Å². The van der Waals surface area contributed by atoms with Crippen molar-refractivity contribution in [1.82, 2.24) is 4.98 Å². The van der Waals surface area contributed by atoms with Crippen LogP contribution in [0.25, 0.3) is 0 Å². The summed E-state index contributed by atoms with van der Waals surface area (Å²) in [4.78, 5) is 14.8. The highest BCUT2D eigenvalue weighted by Crippen LogP contribution is 2.20. The first kappa shape index (κ1) is 14.7. The van der Waals surface area contributed by atoms with Gasteiger partial charge >= 0.3 is 5.97 Å². The van der Waals surface area contributed by atoms with Crippen LogP contribution < -0.4 is 0 Å². The predicted octanol–water partition coefficient (Wildman–Crippen LogP) is 2.43. The molecule has 1 heterocycles. The van der Waals surface area contributed by atoms with Crippen LogP contribution in [0.1, 0.15) is 26.6 Å². The molecule has 0 bridgehead atoms. The third kappa shape index (κ3) is 3.05. The van der Waals surface area contributed by atoms with Crippen molar-refractivity contribution in [1.29, 1.82) is 0 Å². The summed E-state index contributed by atoms with van der Waals surface area (Å²) >= 11 is 0.924. The summed E-state index contributed by atoms with van der Waals surface area (Å²) in [6.07, 6.45) is 0. The average molecular weight is 311 g/mol. The van der Waals surface area contributed by atoms with Crippen molar-refractivity contribution in [3.63, 3.8) is 0 Å². The van der Waals surface area contributed by atoms with Crippen LogP contribution in [0.2, 0.25) is 0 Å². The molecule has 0 amide bonds. The zero-order valence-electron chi connectivity index (χ0n) is 11.0. The molecule has 1 aromatic carbocycles. The summed E-state index contributed by atoms with van der Waals surface area (Å²) in [5.74, 6) is -1.44. The van der Waals surface area contributed by atoms with Crippen LogP contribution in [0.15, 0.2) is 28.5 Å². The average Bonchev–Trinajstić information content (AvgIpc) is 2.80. The second kappa shape index (κ2) is 5.34. The van der Waals surface area contributed by atoms with Crippen LogP contribution in [0, 0.1) is 13.8 Å².